The van der Waals surface area contributed by atoms with Gasteiger partial charge in [0.2, 0.25) is 0 Å². The van der Waals surface area contributed by atoms with Gasteiger partial charge in [-0.25, -0.2) is 0 Å². The Morgan fingerprint density at radius 1 is 0.378 bits per heavy atom. The third-order valence-corrected chi connectivity index (χ3v) is 5.78. The van der Waals surface area contributed by atoms with Crippen LogP contribution >= 0.6 is 15.9 Å². The average Bonchev–Trinajstić information content (AvgIpc) is 3.06. The van der Waals surface area contributed by atoms with Crippen molar-refractivity contribution < 1.29 is 61.6 Å². The summed E-state index contributed by atoms with van der Waals surface area (Å²) in [6, 6.07) is 6.93. The maximum atomic E-state index is 10.6. The standard InChI is InChI=1S/C31H53BrO13/c32-5-6-34-7-8-35-9-10-36-11-12-37-13-14-38-15-16-39-17-18-40-19-20-41-21-22-42-23-24-43-25-26-44-27-28-45-31-3-1-30(29-33)2-4-31/h1-4,29H,5-28H2. The van der Waals surface area contributed by atoms with Crippen LogP contribution in [0.5, 0.6) is 5.75 Å². The molecule has 0 heterocycles. The van der Waals surface area contributed by atoms with Gasteiger partial charge in [0.25, 0.3) is 0 Å². The Hall–Kier alpha value is -1.27. The molecule has 0 bridgehead atoms. The quantitative estimate of drug-likeness (QED) is 0.0570. The Balaban J connectivity index is 1.63. The molecule has 0 N–H and O–H groups in total. The van der Waals surface area contributed by atoms with Gasteiger partial charge in [0.05, 0.1) is 145 Å². The van der Waals surface area contributed by atoms with Gasteiger partial charge in [-0.3, -0.25) is 4.79 Å². The molecule has 1 aromatic rings. The van der Waals surface area contributed by atoms with E-state index in [-0.39, 0.29) is 0 Å². The Kier molecular flexibility index (Phi) is 33.0. The van der Waals surface area contributed by atoms with E-state index in [9.17, 15) is 4.79 Å². The topological polar surface area (TPSA) is 128 Å². The molecule has 0 radical (unpaired) electrons. The molecule has 0 fully saturated rings. The van der Waals surface area contributed by atoms with E-state index in [2.05, 4.69) is 15.9 Å². The highest BCUT2D eigenvalue weighted by molar-refractivity contribution is 9.09. The fourth-order valence-corrected chi connectivity index (χ4v) is 3.45. The molecule has 0 aromatic heterocycles. The molecule has 0 aliphatic carbocycles. The first-order valence-corrected chi connectivity index (χ1v) is 16.6. The van der Waals surface area contributed by atoms with Crippen molar-refractivity contribution in [2.24, 2.45) is 0 Å². The first-order chi connectivity index (χ1) is 22.4. The number of halogens is 1. The van der Waals surface area contributed by atoms with E-state index in [1.807, 2.05) is 0 Å². The predicted molar refractivity (Wildman–Crippen MR) is 170 cm³/mol. The van der Waals surface area contributed by atoms with Gasteiger partial charge in [-0.2, -0.15) is 0 Å². The molecule has 13 nitrogen and oxygen atoms in total. The summed E-state index contributed by atoms with van der Waals surface area (Å²) in [5, 5.41) is 0.835. The van der Waals surface area contributed by atoms with Crippen LogP contribution in [-0.4, -0.2) is 164 Å². The van der Waals surface area contributed by atoms with Crippen molar-refractivity contribution in [3.63, 3.8) is 0 Å². The van der Waals surface area contributed by atoms with Crippen molar-refractivity contribution in [2.45, 2.75) is 0 Å². The van der Waals surface area contributed by atoms with Gasteiger partial charge in [-0.1, -0.05) is 15.9 Å². The smallest absolute Gasteiger partial charge is 0.150 e. The zero-order valence-corrected chi connectivity index (χ0v) is 28.1. The highest BCUT2D eigenvalue weighted by atomic mass is 79.9. The molecule has 0 aliphatic heterocycles. The van der Waals surface area contributed by atoms with Crippen LogP contribution in [0.15, 0.2) is 24.3 Å². The highest BCUT2D eigenvalue weighted by Gasteiger charge is 1.98. The lowest BCUT2D eigenvalue weighted by Gasteiger charge is -2.09. The summed E-state index contributed by atoms with van der Waals surface area (Å²) in [6.45, 7) is 11.9. The largest absolute Gasteiger partial charge is 0.491 e. The van der Waals surface area contributed by atoms with Gasteiger partial charge in [-0.05, 0) is 24.3 Å². The molecule has 0 saturated carbocycles. The molecule has 14 heteroatoms. The van der Waals surface area contributed by atoms with Crippen LogP contribution in [-0.2, 0) is 52.1 Å². The molecular formula is C31H53BrO13. The average molecular weight is 714 g/mol. The summed E-state index contributed by atoms with van der Waals surface area (Å²) in [6.07, 6.45) is 0.798. The van der Waals surface area contributed by atoms with Crippen LogP contribution in [0.2, 0.25) is 0 Å². The lowest BCUT2D eigenvalue weighted by atomic mass is 10.2. The molecule has 0 atom stereocenters. The summed E-state index contributed by atoms with van der Waals surface area (Å²) in [5.41, 5.74) is 0.618. The molecule has 0 spiro atoms. The molecule has 0 unspecified atom stereocenters. The first kappa shape index (κ1) is 41.8. The molecule has 0 amide bonds. The van der Waals surface area contributed by atoms with Gasteiger partial charge in [-0.15, -0.1) is 0 Å². The first-order valence-electron chi connectivity index (χ1n) is 15.5. The van der Waals surface area contributed by atoms with Crippen molar-refractivity contribution >= 4 is 22.2 Å². The summed E-state index contributed by atoms with van der Waals surface area (Å²) in [7, 11) is 0. The minimum absolute atomic E-state index is 0.431. The van der Waals surface area contributed by atoms with Gasteiger partial charge < -0.3 is 56.8 Å². The fraction of sp³-hybridized carbons (Fsp3) is 0.774. The molecule has 262 valence electrons. The number of carbonyl (C=O) groups is 1. The number of ether oxygens (including phenoxy) is 12. The van der Waals surface area contributed by atoms with Crippen LogP contribution in [0, 0.1) is 0 Å². The molecule has 1 aromatic carbocycles. The van der Waals surface area contributed by atoms with Gasteiger partial charge in [0, 0.05) is 10.9 Å². The summed E-state index contributed by atoms with van der Waals surface area (Å²) < 4.78 is 65.4. The lowest BCUT2D eigenvalue weighted by molar-refractivity contribution is -0.0276. The lowest BCUT2D eigenvalue weighted by Crippen LogP contribution is -2.15. The van der Waals surface area contributed by atoms with Gasteiger partial charge >= 0.3 is 0 Å². The molecule has 1 rings (SSSR count). The van der Waals surface area contributed by atoms with Gasteiger partial charge in [0.15, 0.2) is 0 Å². The van der Waals surface area contributed by atoms with Crippen molar-refractivity contribution in [2.75, 3.05) is 157 Å². The number of carbonyl (C=O) groups excluding carboxylic acids is 1. The Labute approximate surface area is 276 Å². The minimum Gasteiger partial charge on any atom is -0.491 e. The number of benzene rings is 1. The monoisotopic (exact) mass is 712 g/mol. The minimum atomic E-state index is 0.431. The number of rotatable bonds is 37. The van der Waals surface area contributed by atoms with Crippen LogP contribution in [0.1, 0.15) is 10.4 Å². The van der Waals surface area contributed by atoms with E-state index in [0.29, 0.717) is 163 Å². The van der Waals surface area contributed by atoms with E-state index in [4.69, 9.17) is 56.8 Å². The van der Waals surface area contributed by atoms with Gasteiger partial charge in [0.1, 0.15) is 18.6 Å². The molecular weight excluding hydrogens is 660 g/mol. The van der Waals surface area contributed by atoms with E-state index < -0.39 is 0 Å². The SMILES string of the molecule is O=Cc1ccc(OCCOCCOCCOCCOCCOCCOCCOCCOCCOCCOCCOCCBr)cc1. The molecule has 45 heavy (non-hydrogen) atoms. The summed E-state index contributed by atoms with van der Waals surface area (Å²) in [5.74, 6) is 0.704. The highest BCUT2D eigenvalue weighted by Crippen LogP contribution is 2.10. The summed E-state index contributed by atoms with van der Waals surface area (Å²) >= 11 is 3.30. The third-order valence-electron chi connectivity index (χ3n) is 5.45. The molecule has 0 aliphatic rings. The van der Waals surface area contributed by atoms with E-state index in [0.717, 1.165) is 11.6 Å². The van der Waals surface area contributed by atoms with Crippen LogP contribution in [0.3, 0.4) is 0 Å². The molecule has 0 saturated heterocycles. The summed E-state index contributed by atoms with van der Waals surface area (Å²) in [4.78, 5) is 10.6. The number of aldehydes is 1. The maximum absolute atomic E-state index is 10.6. The zero-order valence-electron chi connectivity index (χ0n) is 26.5. The van der Waals surface area contributed by atoms with Crippen molar-refractivity contribution in [1.29, 1.82) is 0 Å². The normalized spacial score (nSPS) is 11.3. The van der Waals surface area contributed by atoms with Crippen molar-refractivity contribution in [1.82, 2.24) is 0 Å². The Bertz CT molecular complexity index is 730. The number of alkyl halides is 1. The van der Waals surface area contributed by atoms with Crippen LogP contribution < -0.4 is 4.74 Å². The third kappa shape index (κ3) is 31.1. The zero-order chi connectivity index (χ0) is 32.1. The van der Waals surface area contributed by atoms with E-state index >= 15 is 0 Å². The second-order valence-electron chi connectivity index (χ2n) is 8.96. The number of hydrogen-bond acceptors (Lipinski definition) is 13. The Morgan fingerprint density at radius 2 is 0.622 bits per heavy atom. The predicted octanol–water partition coefficient (Wildman–Crippen LogP) is 2.46. The second kappa shape index (κ2) is 35.6. The van der Waals surface area contributed by atoms with E-state index in [1.54, 1.807) is 24.3 Å². The van der Waals surface area contributed by atoms with Crippen molar-refractivity contribution in [3.05, 3.63) is 29.8 Å². The fourth-order valence-electron chi connectivity index (χ4n) is 3.22. The van der Waals surface area contributed by atoms with Crippen LogP contribution in [0.25, 0.3) is 0 Å². The maximum Gasteiger partial charge on any atom is 0.150 e. The Morgan fingerprint density at radius 3 is 0.867 bits per heavy atom. The van der Waals surface area contributed by atoms with Crippen molar-refractivity contribution in [3.8, 4) is 5.75 Å². The van der Waals surface area contributed by atoms with E-state index in [1.165, 1.54) is 0 Å². The van der Waals surface area contributed by atoms with Crippen LogP contribution in [0.4, 0.5) is 0 Å². The number of hydrogen-bond donors (Lipinski definition) is 0. The second-order valence-corrected chi connectivity index (χ2v) is 9.75.